The van der Waals surface area contributed by atoms with Crippen LogP contribution in [0.15, 0.2) is 119 Å². The summed E-state index contributed by atoms with van der Waals surface area (Å²) in [7, 11) is 3.11. The molecule has 4 heterocycles. The van der Waals surface area contributed by atoms with Crippen molar-refractivity contribution in [2.45, 2.75) is 29.7 Å². The minimum absolute atomic E-state index is 0.208. The molecule has 4 aromatic rings. The summed E-state index contributed by atoms with van der Waals surface area (Å²) >= 11 is 0. The van der Waals surface area contributed by atoms with E-state index in [0.29, 0.717) is 51.5 Å². The molecule has 0 aromatic heterocycles. The van der Waals surface area contributed by atoms with Crippen molar-refractivity contribution in [2.24, 2.45) is 9.98 Å². The Morgan fingerprint density at radius 2 is 1.09 bits per heavy atom. The van der Waals surface area contributed by atoms with E-state index in [1.807, 2.05) is 60.7 Å². The van der Waals surface area contributed by atoms with Gasteiger partial charge in [0.2, 0.25) is 0 Å². The second-order valence-electron chi connectivity index (χ2n) is 13.3. The predicted octanol–water partition coefficient (Wildman–Crippen LogP) is 6.69. The minimum atomic E-state index is -1.17. The van der Waals surface area contributed by atoms with Crippen molar-refractivity contribution in [1.82, 2.24) is 9.80 Å². The zero-order valence-electron chi connectivity index (χ0n) is 30.2. The minimum Gasteiger partial charge on any atom is -0.497 e. The molecule has 55 heavy (non-hydrogen) atoms. The first kappa shape index (κ1) is 35.3. The van der Waals surface area contributed by atoms with Gasteiger partial charge in [-0.3, -0.25) is 19.6 Å². The summed E-state index contributed by atoms with van der Waals surface area (Å²) in [4.78, 5) is 40.8. The summed E-state index contributed by atoms with van der Waals surface area (Å²) in [6.45, 7) is 0.416. The van der Waals surface area contributed by atoms with Crippen LogP contribution < -0.4 is 9.47 Å². The average Bonchev–Trinajstić information content (AvgIpc) is 3.71. The van der Waals surface area contributed by atoms with Gasteiger partial charge in [-0.05, 0) is 67.1 Å². The van der Waals surface area contributed by atoms with Crippen LogP contribution in [0.4, 0.5) is 11.4 Å². The number of benzene rings is 4. The van der Waals surface area contributed by atoms with Crippen LogP contribution in [0.3, 0.4) is 0 Å². The molecule has 2 unspecified atom stereocenters. The van der Waals surface area contributed by atoms with Gasteiger partial charge in [-0.15, -0.1) is 12.8 Å². The summed E-state index contributed by atoms with van der Waals surface area (Å²) in [6.07, 6.45) is 23.1. The summed E-state index contributed by atoms with van der Waals surface area (Å²) in [6, 6.07) is 24.2. The number of rotatable bonds is 10. The molecular formula is C45H36N4O6. The fourth-order valence-corrected chi connectivity index (χ4v) is 7.72. The molecule has 2 amide bonds. The Bertz CT molecular complexity index is 2250. The predicted molar refractivity (Wildman–Crippen MR) is 209 cm³/mol. The number of carbonyl (C=O) groups excluding carboxylic acids is 2. The van der Waals surface area contributed by atoms with E-state index in [-0.39, 0.29) is 25.0 Å². The zero-order chi connectivity index (χ0) is 38.2. The molecule has 0 aliphatic carbocycles. The molecule has 10 nitrogen and oxygen atoms in total. The lowest BCUT2D eigenvalue weighted by molar-refractivity contribution is -0.0618. The highest BCUT2D eigenvalue weighted by molar-refractivity contribution is 6.05. The maximum Gasteiger partial charge on any atom is 0.260 e. The molecule has 0 radical (unpaired) electrons. The smallest absolute Gasteiger partial charge is 0.260 e. The summed E-state index contributed by atoms with van der Waals surface area (Å²) in [5.74, 6) is 6.20. The highest BCUT2D eigenvalue weighted by Gasteiger charge is 2.51. The average molecular weight is 729 g/mol. The summed E-state index contributed by atoms with van der Waals surface area (Å²) in [5.41, 5.74) is 2.26. The molecule has 0 spiro atoms. The first-order valence-corrected chi connectivity index (χ1v) is 17.8. The number of terminal acetylenes is 2. The second kappa shape index (κ2) is 14.3. The van der Waals surface area contributed by atoms with Crippen molar-refractivity contribution in [3.05, 3.63) is 143 Å². The van der Waals surface area contributed by atoms with Crippen LogP contribution in [0.25, 0.3) is 0 Å². The highest BCUT2D eigenvalue weighted by atomic mass is 16.5. The number of carbonyl (C=O) groups is 2. The molecule has 4 aromatic carbocycles. The third-order valence-corrected chi connectivity index (χ3v) is 10.5. The van der Waals surface area contributed by atoms with Crippen LogP contribution >= 0.6 is 0 Å². The van der Waals surface area contributed by atoms with Crippen LogP contribution in [0.1, 0.15) is 49.4 Å². The van der Waals surface area contributed by atoms with Crippen LogP contribution in [0.2, 0.25) is 0 Å². The van der Waals surface area contributed by atoms with Crippen molar-refractivity contribution >= 4 is 35.6 Å². The van der Waals surface area contributed by atoms with E-state index in [2.05, 4.69) is 11.8 Å². The number of methoxy groups -OCH3 is 2. The van der Waals surface area contributed by atoms with Gasteiger partial charge in [-0.25, -0.2) is 0 Å². The SMILES string of the molecule is C#Cc1ccccc1C1(OCCCOC2(c3ccccc3C#C)C=CN3C(=O)c4cc(OC)ccc4N=C[C@H]32)C=CN2C(=O)c3cc(OC)ccc3N=C[C@H]21. The van der Waals surface area contributed by atoms with Gasteiger partial charge in [0.25, 0.3) is 11.8 Å². The Hall–Kier alpha value is -6.72. The molecule has 0 N–H and O–H groups in total. The Morgan fingerprint density at radius 3 is 1.51 bits per heavy atom. The number of hydrogen-bond donors (Lipinski definition) is 0. The molecule has 0 bridgehead atoms. The number of fused-ring (bicyclic) bond motifs is 4. The lowest BCUT2D eigenvalue weighted by Gasteiger charge is -2.37. The zero-order valence-corrected chi connectivity index (χ0v) is 30.2. The van der Waals surface area contributed by atoms with E-state index in [1.165, 1.54) is 0 Å². The van der Waals surface area contributed by atoms with E-state index < -0.39 is 23.3 Å². The Labute approximate surface area is 319 Å². The first-order valence-electron chi connectivity index (χ1n) is 17.8. The topological polar surface area (TPSA) is 102 Å². The number of nitrogens with zero attached hydrogens (tertiary/aromatic N) is 4. The first-order chi connectivity index (χ1) is 26.9. The maximum atomic E-state index is 14.0. The van der Waals surface area contributed by atoms with E-state index in [9.17, 15) is 9.59 Å². The molecule has 0 saturated carbocycles. The second-order valence-corrected chi connectivity index (χ2v) is 13.3. The monoisotopic (exact) mass is 728 g/mol. The van der Waals surface area contributed by atoms with E-state index >= 15 is 0 Å². The van der Waals surface area contributed by atoms with Gasteiger partial charge in [0, 0.05) is 47.1 Å². The van der Waals surface area contributed by atoms with E-state index in [4.69, 9.17) is 41.8 Å². The van der Waals surface area contributed by atoms with Gasteiger partial charge < -0.3 is 28.7 Å². The maximum absolute atomic E-state index is 14.0. The lowest BCUT2D eigenvalue weighted by atomic mass is 9.84. The lowest BCUT2D eigenvalue weighted by Crippen LogP contribution is -2.49. The quantitative estimate of drug-likeness (QED) is 0.133. The van der Waals surface area contributed by atoms with Gasteiger partial charge >= 0.3 is 0 Å². The Kier molecular flexibility index (Phi) is 9.15. The Balaban J connectivity index is 1.08. The van der Waals surface area contributed by atoms with Gasteiger partial charge in [-0.2, -0.15) is 0 Å². The van der Waals surface area contributed by atoms with Crippen LogP contribution in [0, 0.1) is 24.7 Å². The fraction of sp³-hybridized carbons (Fsp3) is 0.200. The normalized spacial score (nSPS) is 22.9. The van der Waals surface area contributed by atoms with E-state index in [0.717, 1.165) is 11.1 Å². The Morgan fingerprint density at radius 1 is 0.655 bits per heavy atom. The number of ether oxygens (including phenoxy) is 4. The molecule has 4 aliphatic heterocycles. The fourth-order valence-electron chi connectivity index (χ4n) is 7.72. The van der Waals surface area contributed by atoms with E-state index in [1.54, 1.807) is 85.2 Å². The van der Waals surface area contributed by atoms with Crippen molar-refractivity contribution in [1.29, 1.82) is 0 Å². The molecular weight excluding hydrogens is 693 g/mol. The summed E-state index contributed by atoms with van der Waals surface area (Å²) < 4.78 is 24.5. The molecule has 0 fully saturated rings. The number of aliphatic imine (C=N–C) groups is 2. The summed E-state index contributed by atoms with van der Waals surface area (Å²) in [5, 5.41) is 0. The number of hydrogen-bond acceptors (Lipinski definition) is 8. The molecule has 4 aliphatic rings. The van der Waals surface area contributed by atoms with Crippen LogP contribution in [-0.2, 0) is 20.7 Å². The third-order valence-electron chi connectivity index (χ3n) is 10.5. The van der Waals surface area contributed by atoms with Gasteiger partial charge in [0.1, 0.15) is 34.8 Å². The molecule has 4 atom stereocenters. The molecule has 0 saturated heterocycles. The van der Waals surface area contributed by atoms with Crippen molar-refractivity contribution in [2.75, 3.05) is 27.4 Å². The molecule has 272 valence electrons. The van der Waals surface area contributed by atoms with Crippen LogP contribution in [0.5, 0.6) is 11.5 Å². The largest absolute Gasteiger partial charge is 0.497 e. The van der Waals surface area contributed by atoms with Gasteiger partial charge in [-0.1, -0.05) is 48.2 Å². The van der Waals surface area contributed by atoms with Gasteiger partial charge in [0.05, 0.1) is 49.9 Å². The van der Waals surface area contributed by atoms with Crippen LogP contribution in [-0.4, -0.2) is 73.6 Å². The van der Waals surface area contributed by atoms with Crippen molar-refractivity contribution < 1.29 is 28.5 Å². The van der Waals surface area contributed by atoms with Crippen molar-refractivity contribution in [3.63, 3.8) is 0 Å². The molecule has 10 heteroatoms. The third kappa shape index (κ3) is 5.80. The molecule has 8 rings (SSSR count). The highest BCUT2D eigenvalue weighted by Crippen LogP contribution is 2.45. The van der Waals surface area contributed by atoms with Gasteiger partial charge in [0.15, 0.2) is 0 Å². The van der Waals surface area contributed by atoms with Crippen molar-refractivity contribution in [3.8, 4) is 36.2 Å². The number of amides is 2. The standard InChI is InChI=1S/C45H36N4O6/c1-5-30-12-7-9-14-36(30)44(20-22-48-40(44)28-46-38-18-16-32(52-3)26-34(38)42(48)50)54-24-11-25-55-45(37-15-10-8-13-31(37)6-2)21-23-49-41(45)29-47-39-19-17-33(53-4)27-35(39)43(49)51/h1-2,7-10,12-23,26-29,40-41H,11,24-25H2,3-4H3/t40-,41-,44?,45?/m0/s1.